The molecular formula is C21H22N2O. The number of hydrogen-bond acceptors (Lipinski definition) is 3. The predicted octanol–water partition coefficient (Wildman–Crippen LogP) is 4.84. The van der Waals surface area contributed by atoms with Crippen molar-refractivity contribution in [2.24, 2.45) is 0 Å². The molecule has 2 aromatic carbocycles. The van der Waals surface area contributed by atoms with Gasteiger partial charge in [0.1, 0.15) is 12.4 Å². The second-order valence-corrected chi connectivity index (χ2v) is 6.08. The Morgan fingerprint density at radius 1 is 0.917 bits per heavy atom. The lowest BCUT2D eigenvalue weighted by Crippen LogP contribution is -2.03. The first kappa shape index (κ1) is 16.1. The number of pyridine rings is 1. The summed E-state index contributed by atoms with van der Waals surface area (Å²) in [5.41, 5.74) is 13.2. The second kappa shape index (κ2) is 6.75. The maximum absolute atomic E-state index is 6.05. The van der Waals surface area contributed by atoms with Gasteiger partial charge in [0.15, 0.2) is 0 Å². The maximum Gasteiger partial charge on any atom is 0.122 e. The smallest absolute Gasteiger partial charge is 0.122 e. The monoisotopic (exact) mass is 318 g/mol. The summed E-state index contributed by atoms with van der Waals surface area (Å²) in [6, 6.07) is 18.1. The van der Waals surface area contributed by atoms with E-state index in [9.17, 15) is 0 Å². The summed E-state index contributed by atoms with van der Waals surface area (Å²) in [7, 11) is 0. The highest BCUT2D eigenvalue weighted by Gasteiger charge is 2.07. The van der Waals surface area contributed by atoms with Crippen molar-refractivity contribution >= 4 is 5.69 Å². The fraction of sp³-hybridized carbons (Fsp3) is 0.190. The average molecular weight is 318 g/mol. The van der Waals surface area contributed by atoms with Crippen LogP contribution in [0.15, 0.2) is 54.6 Å². The van der Waals surface area contributed by atoms with Gasteiger partial charge in [-0.2, -0.15) is 0 Å². The predicted molar refractivity (Wildman–Crippen MR) is 99.1 cm³/mol. The summed E-state index contributed by atoms with van der Waals surface area (Å²) in [4.78, 5) is 4.57. The third-order valence-corrected chi connectivity index (χ3v) is 4.18. The van der Waals surface area contributed by atoms with Crippen LogP contribution in [0, 0.1) is 20.8 Å². The highest BCUT2D eigenvalue weighted by Crippen LogP contribution is 2.27. The van der Waals surface area contributed by atoms with Crippen LogP contribution in [-0.2, 0) is 6.61 Å². The molecule has 0 saturated carbocycles. The minimum Gasteiger partial charge on any atom is -0.489 e. The zero-order valence-corrected chi connectivity index (χ0v) is 14.3. The second-order valence-electron chi connectivity index (χ2n) is 6.08. The summed E-state index contributed by atoms with van der Waals surface area (Å²) in [5, 5.41) is 0. The molecule has 3 rings (SSSR count). The zero-order chi connectivity index (χ0) is 17.1. The van der Waals surface area contributed by atoms with E-state index in [4.69, 9.17) is 10.5 Å². The van der Waals surface area contributed by atoms with Crippen molar-refractivity contribution in [3.8, 4) is 17.0 Å². The number of rotatable bonds is 4. The molecule has 0 unspecified atom stereocenters. The van der Waals surface area contributed by atoms with Crippen molar-refractivity contribution in [1.29, 1.82) is 0 Å². The van der Waals surface area contributed by atoms with E-state index in [2.05, 4.69) is 31.0 Å². The van der Waals surface area contributed by atoms with Crippen LogP contribution in [0.5, 0.6) is 5.75 Å². The Morgan fingerprint density at radius 3 is 2.42 bits per heavy atom. The molecule has 0 amide bonds. The van der Waals surface area contributed by atoms with Crippen LogP contribution in [-0.4, -0.2) is 4.98 Å². The van der Waals surface area contributed by atoms with Crippen molar-refractivity contribution in [1.82, 2.24) is 4.98 Å². The van der Waals surface area contributed by atoms with Crippen LogP contribution in [0.3, 0.4) is 0 Å². The van der Waals surface area contributed by atoms with Gasteiger partial charge in [-0.05, 0) is 68.3 Å². The minimum atomic E-state index is 0.474. The fourth-order valence-corrected chi connectivity index (χ4v) is 2.75. The van der Waals surface area contributed by atoms with E-state index < -0.39 is 0 Å². The molecule has 0 saturated heterocycles. The first-order chi connectivity index (χ1) is 11.5. The van der Waals surface area contributed by atoms with E-state index in [1.807, 2.05) is 49.4 Å². The molecule has 0 atom stereocenters. The normalized spacial score (nSPS) is 10.6. The Hall–Kier alpha value is -2.81. The van der Waals surface area contributed by atoms with Crippen molar-refractivity contribution in [3.63, 3.8) is 0 Å². The molecule has 1 aromatic heterocycles. The third-order valence-electron chi connectivity index (χ3n) is 4.18. The van der Waals surface area contributed by atoms with Crippen molar-refractivity contribution in [3.05, 3.63) is 77.0 Å². The van der Waals surface area contributed by atoms with Crippen LogP contribution in [0.4, 0.5) is 5.69 Å². The third kappa shape index (κ3) is 3.40. The number of hydrogen-bond donors (Lipinski definition) is 1. The summed E-state index contributed by atoms with van der Waals surface area (Å²) >= 11 is 0. The van der Waals surface area contributed by atoms with Gasteiger partial charge in [0.05, 0.1) is 5.69 Å². The molecule has 0 aliphatic rings. The fourth-order valence-electron chi connectivity index (χ4n) is 2.75. The number of nitrogens with zero attached hydrogens (tertiary/aromatic N) is 1. The molecule has 0 radical (unpaired) electrons. The summed E-state index contributed by atoms with van der Waals surface area (Å²) in [6.45, 7) is 6.58. The Bertz CT molecular complexity index is 851. The molecule has 3 nitrogen and oxygen atoms in total. The molecule has 24 heavy (non-hydrogen) atoms. The van der Waals surface area contributed by atoms with E-state index >= 15 is 0 Å². The number of aromatic nitrogens is 1. The summed E-state index contributed by atoms with van der Waals surface area (Å²) in [5.74, 6) is 0.869. The molecular weight excluding hydrogens is 296 g/mol. The summed E-state index contributed by atoms with van der Waals surface area (Å²) in [6.07, 6.45) is 0. The molecule has 0 fully saturated rings. The van der Waals surface area contributed by atoms with Gasteiger partial charge in [-0.1, -0.05) is 18.2 Å². The van der Waals surface area contributed by atoms with Crippen LogP contribution in [0.25, 0.3) is 11.3 Å². The molecule has 3 heteroatoms. The number of nitrogen functional groups attached to an aromatic ring is 1. The number of benzene rings is 2. The molecule has 0 spiro atoms. The Kier molecular flexibility index (Phi) is 4.52. The van der Waals surface area contributed by atoms with E-state index in [-0.39, 0.29) is 0 Å². The number of aryl methyl sites for hydroxylation is 3. The van der Waals surface area contributed by atoms with E-state index in [0.717, 1.165) is 45.1 Å². The van der Waals surface area contributed by atoms with Crippen LogP contribution in [0.1, 0.15) is 22.4 Å². The highest BCUT2D eigenvalue weighted by molar-refractivity contribution is 5.62. The van der Waals surface area contributed by atoms with Gasteiger partial charge in [-0.15, -0.1) is 0 Å². The van der Waals surface area contributed by atoms with Crippen LogP contribution < -0.4 is 10.5 Å². The Labute approximate surface area is 143 Å². The largest absolute Gasteiger partial charge is 0.489 e. The molecule has 122 valence electrons. The quantitative estimate of drug-likeness (QED) is 0.701. The number of ether oxygens (including phenoxy) is 1. The van der Waals surface area contributed by atoms with Crippen LogP contribution >= 0.6 is 0 Å². The van der Waals surface area contributed by atoms with Gasteiger partial charge in [-0.25, -0.2) is 0 Å². The van der Waals surface area contributed by atoms with Gasteiger partial charge in [-0.3, -0.25) is 4.98 Å². The first-order valence-electron chi connectivity index (χ1n) is 8.06. The van der Waals surface area contributed by atoms with Crippen molar-refractivity contribution < 1.29 is 4.74 Å². The number of nitrogens with two attached hydrogens (primary N) is 1. The van der Waals surface area contributed by atoms with Gasteiger partial charge in [0.25, 0.3) is 0 Å². The molecule has 3 aromatic rings. The highest BCUT2D eigenvalue weighted by atomic mass is 16.5. The lowest BCUT2D eigenvalue weighted by molar-refractivity contribution is 0.304. The molecule has 0 aliphatic carbocycles. The standard InChI is InChI=1S/C21H22N2O/c1-14-6-4-8-19(22)18(14)13-24-21-11-10-17(12-15(21)2)20-9-5-7-16(3)23-20/h4-12H,13,22H2,1-3H3. The molecule has 2 N–H and O–H groups in total. The molecule has 1 heterocycles. The van der Waals surface area contributed by atoms with Gasteiger partial charge >= 0.3 is 0 Å². The lowest BCUT2D eigenvalue weighted by Gasteiger charge is -2.13. The lowest BCUT2D eigenvalue weighted by atomic mass is 10.1. The SMILES string of the molecule is Cc1cccc(-c2ccc(OCc3c(C)cccc3N)c(C)c2)n1. The van der Waals surface area contributed by atoms with Gasteiger partial charge in [0, 0.05) is 22.5 Å². The van der Waals surface area contributed by atoms with E-state index in [1.165, 1.54) is 0 Å². The van der Waals surface area contributed by atoms with E-state index in [1.54, 1.807) is 0 Å². The Balaban J connectivity index is 1.81. The zero-order valence-electron chi connectivity index (χ0n) is 14.3. The minimum absolute atomic E-state index is 0.474. The Morgan fingerprint density at radius 2 is 1.71 bits per heavy atom. The maximum atomic E-state index is 6.05. The summed E-state index contributed by atoms with van der Waals surface area (Å²) < 4.78 is 6.00. The first-order valence-corrected chi connectivity index (χ1v) is 8.06. The van der Waals surface area contributed by atoms with Crippen molar-refractivity contribution in [2.45, 2.75) is 27.4 Å². The number of anilines is 1. The van der Waals surface area contributed by atoms with E-state index in [0.29, 0.717) is 6.61 Å². The van der Waals surface area contributed by atoms with Gasteiger partial charge in [0.2, 0.25) is 0 Å². The van der Waals surface area contributed by atoms with Gasteiger partial charge < -0.3 is 10.5 Å². The molecule has 0 bridgehead atoms. The van der Waals surface area contributed by atoms with Crippen molar-refractivity contribution in [2.75, 3.05) is 5.73 Å². The average Bonchev–Trinajstić information content (AvgIpc) is 2.55. The topological polar surface area (TPSA) is 48.1 Å². The van der Waals surface area contributed by atoms with Crippen LogP contribution in [0.2, 0.25) is 0 Å². The molecule has 0 aliphatic heterocycles.